The number of nitrogens with two attached hydrogens (primary N) is 1. The second-order valence-electron chi connectivity index (χ2n) is 8.95. The first-order valence-electron chi connectivity index (χ1n) is 13.8. The van der Waals surface area contributed by atoms with E-state index in [2.05, 4.69) is 28.4 Å². The van der Waals surface area contributed by atoms with Crippen molar-refractivity contribution in [1.29, 1.82) is 5.26 Å². The van der Waals surface area contributed by atoms with Gasteiger partial charge in [-0.2, -0.15) is 11.1 Å². The molecule has 0 spiro atoms. The van der Waals surface area contributed by atoms with Crippen LogP contribution in [0.25, 0.3) is 0 Å². The van der Waals surface area contributed by atoms with Crippen LogP contribution in [0.15, 0.2) is 24.3 Å². The number of nitrogens with one attached hydrogen (secondary N) is 2. The number of amides is 2. The maximum absolute atomic E-state index is 12.1. The van der Waals surface area contributed by atoms with Crippen LogP contribution < -0.4 is 21.1 Å². The highest BCUT2D eigenvalue weighted by Gasteiger charge is 2.37. The van der Waals surface area contributed by atoms with E-state index in [1.807, 2.05) is 12.5 Å². The molecule has 5 atom stereocenters. The van der Waals surface area contributed by atoms with Crippen LogP contribution in [0.3, 0.4) is 0 Å². The van der Waals surface area contributed by atoms with Crippen LogP contribution in [-0.4, -0.2) is 118 Å². The van der Waals surface area contributed by atoms with E-state index in [1.165, 1.54) is 43.2 Å². The number of aliphatic hydroxyl groups excluding tert-OH is 1. The van der Waals surface area contributed by atoms with Gasteiger partial charge in [-0.15, -0.1) is 0 Å². The predicted octanol–water partition coefficient (Wildman–Crippen LogP) is 0.991. The molecule has 5 N–H and O–H groups in total. The number of benzene rings is 1. The van der Waals surface area contributed by atoms with Crippen LogP contribution in [0, 0.1) is 23.1 Å². The second kappa shape index (κ2) is 23.6. The molecule has 0 aliphatic carbocycles. The summed E-state index contributed by atoms with van der Waals surface area (Å²) in [6.45, 7) is 1.34. The third kappa shape index (κ3) is 15.5. The smallest absolute Gasteiger partial charge is 0.251 e. The lowest BCUT2D eigenvalue weighted by Gasteiger charge is -2.19. The number of ether oxygens (including phenoxy) is 5. The van der Waals surface area contributed by atoms with Crippen molar-refractivity contribution in [2.45, 2.75) is 35.5 Å². The normalized spacial score (nSPS) is 18.8. The van der Waals surface area contributed by atoms with E-state index in [-0.39, 0.29) is 68.9 Å². The summed E-state index contributed by atoms with van der Waals surface area (Å²) in [6, 6.07) is 8.75. The number of nitrogens with zero attached hydrogens (tertiary/aromatic N) is 1. The van der Waals surface area contributed by atoms with Crippen molar-refractivity contribution in [2.75, 3.05) is 65.2 Å². The summed E-state index contributed by atoms with van der Waals surface area (Å²) < 4.78 is 28.6. The van der Waals surface area contributed by atoms with E-state index < -0.39 is 11.5 Å². The third-order valence-corrected chi connectivity index (χ3v) is 9.34. The average Bonchev–Trinajstić information content (AvgIpc) is 3.43. The van der Waals surface area contributed by atoms with Crippen LogP contribution in [0.4, 0.5) is 0 Å². The van der Waals surface area contributed by atoms with Gasteiger partial charge in [-0.05, 0) is 47.9 Å². The molecular formula is C27H39BN4O8S4. The first kappa shape index (κ1) is 38.4. The molecule has 1 aromatic carbocycles. The van der Waals surface area contributed by atoms with E-state index in [1.54, 1.807) is 24.3 Å². The topological polar surface area (TPSA) is 174 Å². The maximum atomic E-state index is 12.1. The molecule has 2 unspecified atom stereocenters. The lowest BCUT2D eigenvalue weighted by Crippen LogP contribution is -2.30. The van der Waals surface area contributed by atoms with Gasteiger partial charge in [0.1, 0.15) is 36.6 Å². The van der Waals surface area contributed by atoms with E-state index >= 15 is 0 Å². The fourth-order valence-electron chi connectivity index (χ4n) is 3.79. The molecular weight excluding hydrogens is 647 g/mol. The molecule has 242 valence electrons. The molecule has 0 radical (unpaired) electrons. The Balaban J connectivity index is 1.61. The van der Waals surface area contributed by atoms with Crippen molar-refractivity contribution in [3.63, 3.8) is 0 Å². The lowest BCUT2D eigenvalue weighted by atomic mass is 9.71. The van der Waals surface area contributed by atoms with Crippen LogP contribution in [0.1, 0.15) is 16.8 Å². The first-order chi connectivity index (χ1) is 21.4. The summed E-state index contributed by atoms with van der Waals surface area (Å²) in [4.78, 5) is 24.2. The average molecular weight is 687 g/mol. The van der Waals surface area contributed by atoms with Gasteiger partial charge < -0.3 is 45.2 Å². The van der Waals surface area contributed by atoms with Crippen molar-refractivity contribution in [2.24, 2.45) is 5.73 Å². The fraction of sp³-hybridized carbons (Fsp3) is 0.593. The lowest BCUT2D eigenvalue weighted by molar-refractivity contribution is -0.126. The molecule has 2 amide bonds. The van der Waals surface area contributed by atoms with Crippen LogP contribution in [0.5, 0.6) is 5.75 Å². The summed E-state index contributed by atoms with van der Waals surface area (Å²) in [5.41, 5.74) is 5.00. The van der Waals surface area contributed by atoms with Gasteiger partial charge in [0, 0.05) is 24.7 Å². The summed E-state index contributed by atoms with van der Waals surface area (Å²) in [7, 11) is 6.20. The van der Waals surface area contributed by atoms with Gasteiger partial charge in [0.15, 0.2) is 5.44 Å². The highest BCUT2D eigenvalue weighted by Crippen LogP contribution is 2.30. The van der Waals surface area contributed by atoms with Crippen molar-refractivity contribution >= 4 is 62.3 Å². The van der Waals surface area contributed by atoms with Gasteiger partial charge >= 0.3 is 0 Å². The van der Waals surface area contributed by atoms with E-state index in [9.17, 15) is 20.0 Å². The number of hydrogen-bond donors (Lipinski definition) is 4. The number of hydrogen-bond acceptors (Lipinski definition) is 14. The summed E-state index contributed by atoms with van der Waals surface area (Å²) in [6.07, 6.45) is 3.45. The molecule has 1 saturated heterocycles. The molecule has 1 aliphatic rings. The molecule has 1 heterocycles. The Morgan fingerprint density at radius 1 is 1.25 bits per heavy atom. The second-order valence-corrected chi connectivity index (χ2v) is 14.1. The molecule has 1 aromatic rings. The van der Waals surface area contributed by atoms with Crippen molar-refractivity contribution in [1.82, 2.24) is 10.6 Å². The minimum absolute atomic E-state index is 0.127. The highest BCUT2D eigenvalue weighted by molar-refractivity contribution is 8.77. The molecule has 44 heavy (non-hydrogen) atoms. The molecule has 12 nitrogen and oxygen atoms in total. The number of carbonyl (C=O) groups excluding carboxylic acids is 2. The minimum Gasteiger partial charge on any atom is -0.490 e. The highest BCUT2D eigenvalue weighted by atomic mass is 33.1. The Morgan fingerprint density at radius 2 is 2.07 bits per heavy atom. The zero-order valence-electron chi connectivity index (χ0n) is 24.7. The molecule has 1 aliphatic heterocycles. The largest absolute Gasteiger partial charge is 0.490 e. The van der Waals surface area contributed by atoms with E-state index in [0.29, 0.717) is 38.1 Å². The van der Waals surface area contributed by atoms with Gasteiger partial charge in [-0.25, -0.2) is 0 Å². The molecule has 17 heteroatoms. The number of carbonyl (C=O) groups is 2. The van der Waals surface area contributed by atoms with Gasteiger partial charge in [0.05, 0.1) is 32.5 Å². The number of nitriles is 1. The van der Waals surface area contributed by atoms with Gasteiger partial charge in [-0.1, -0.05) is 44.4 Å². The standard InChI is InChI=1S/C27H39BN4O8S4/c1-41-43-25(15-30)40-21-14-23(39-22(21)16-33)28-7-4-9-31-24(34)17-36-11-12-37-26(44-42-2)18-38-20-6-3-5-19(13-20)27(35)32-10-8-29/h3,5-6,13,21-23,25-26,28,33H,8-12,14,16-18,29H2,1-2H3,(H,31,34)(H,32,35)/t21-,22?,23-,25+,26?/m1/s1. The Hall–Kier alpha value is -1.77. The monoisotopic (exact) mass is 686 g/mol. The first-order valence-corrected chi connectivity index (χ1v) is 19.0. The van der Waals surface area contributed by atoms with E-state index in [0.717, 1.165) is 0 Å². The van der Waals surface area contributed by atoms with Gasteiger partial charge in [-0.3, -0.25) is 9.59 Å². The van der Waals surface area contributed by atoms with Gasteiger partial charge in [0.25, 0.3) is 5.91 Å². The minimum atomic E-state index is -0.636. The van der Waals surface area contributed by atoms with Gasteiger partial charge in [0.2, 0.25) is 13.2 Å². The molecule has 0 bridgehead atoms. The molecule has 1 fully saturated rings. The Labute approximate surface area is 275 Å². The summed E-state index contributed by atoms with van der Waals surface area (Å²) in [5, 5.41) is 24.2. The van der Waals surface area contributed by atoms with Crippen molar-refractivity contribution in [3.8, 4) is 23.6 Å². The molecule has 0 aromatic heterocycles. The Kier molecular flexibility index (Phi) is 20.6. The summed E-state index contributed by atoms with van der Waals surface area (Å²) >= 11 is 0. The van der Waals surface area contributed by atoms with Crippen molar-refractivity contribution < 1.29 is 38.4 Å². The zero-order valence-corrected chi connectivity index (χ0v) is 28.0. The molecule has 0 saturated carbocycles. The van der Waals surface area contributed by atoms with Crippen molar-refractivity contribution in [3.05, 3.63) is 29.8 Å². The number of aliphatic hydroxyl groups is 1. The zero-order chi connectivity index (χ0) is 32.0. The quantitative estimate of drug-likeness (QED) is 0.0474. The number of rotatable bonds is 21. The van der Waals surface area contributed by atoms with Crippen LogP contribution >= 0.6 is 43.2 Å². The Bertz CT molecular complexity index is 1110. The SMILES string of the molecule is CSSC(COc1cccc(C(=O)NCCN)c1)OCCOCC(=O)NCC#CB[C@H]1C[C@@H](O[C@H](C#N)SSC)C(CO)O1. The summed E-state index contributed by atoms with van der Waals surface area (Å²) in [5.74, 6) is 5.90. The van der Waals surface area contributed by atoms with Crippen LogP contribution in [0.2, 0.25) is 0 Å². The van der Waals surface area contributed by atoms with E-state index in [4.69, 9.17) is 29.4 Å². The van der Waals surface area contributed by atoms with Crippen LogP contribution in [-0.2, 0) is 23.7 Å². The maximum Gasteiger partial charge on any atom is 0.251 e. The third-order valence-electron chi connectivity index (χ3n) is 5.75. The Morgan fingerprint density at radius 3 is 2.80 bits per heavy atom. The fourth-order valence-corrected chi connectivity index (χ4v) is 6.46. The molecule has 2 rings (SSSR count). The predicted molar refractivity (Wildman–Crippen MR) is 179 cm³/mol.